The zero-order chi connectivity index (χ0) is 28.9. The lowest BCUT2D eigenvalue weighted by Crippen LogP contribution is -2.49. The van der Waals surface area contributed by atoms with Crippen LogP contribution in [0, 0.1) is 0 Å². The van der Waals surface area contributed by atoms with Crippen LogP contribution in [0.3, 0.4) is 0 Å². The molecule has 1 fully saturated rings. The van der Waals surface area contributed by atoms with Gasteiger partial charge in [-0.2, -0.15) is 0 Å². The van der Waals surface area contributed by atoms with Gasteiger partial charge in [0.25, 0.3) is 0 Å². The summed E-state index contributed by atoms with van der Waals surface area (Å²) in [6, 6.07) is 34.9. The monoisotopic (exact) mass is 550 g/mol. The quantitative estimate of drug-likeness (QED) is 0.222. The van der Waals surface area contributed by atoms with Crippen LogP contribution in [0.25, 0.3) is 0 Å². The Morgan fingerprint density at radius 3 is 1.78 bits per heavy atom. The van der Waals surface area contributed by atoms with E-state index in [2.05, 4.69) is 4.90 Å². The Balaban J connectivity index is 0.00000189. The molecule has 0 unspecified atom stereocenters. The SMILES string of the molecule is CC.O=C(OCc1ccccc1)c1cc(N2CCN(C(=O)Cc3ccccc3)CC2)ccc1OCc1ccccc1. The predicted molar refractivity (Wildman–Crippen MR) is 163 cm³/mol. The van der Waals surface area contributed by atoms with E-state index in [1.165, 1.54) is 0 Å². The molecule has 41 heavy (non-hydrogen) atoms. The maximum Gasteiger partial charge on any atom is 0.342 e. The van der Waals surface area contributed by atoms with E-state index in [0.717, 1.165) is 22.4 Å². The summed E-state index contributed by atoms with van der Waals surface area (Å²) in [5.74, 6) is 0.188. The second-order valence-corrected chi connectivity index (χ2v) is 9.55. The average Bonchev–Trinajstić information content (AvgIpc) is 3.05. The third kappa shape index (κ3) is 8.45. The predicted octanol–water partition coefficient (Wildman–Crippen LogP) is 6.54. The Labute approximate surface area is 243 Å². The molecule has 1 amide bonds. The van der Waals surface area contributed by atoms with E-state index in [0.29, 0.717) is 50.5 Å². The Hall–Kier alpha value is -4.58. The van der Waals surface area contributed by atoms with Gasteiger partial charge in [0.05, 0.1) is 6.42 Å². The smallest absolute Gasteiger partial charge is 0.342 e. The van der Waals surface area contributed by atoms with Gasteiger partial charge >= 0.3 is 5.97 Å². The van der Waals surface area contributed by atoms with Gasteiger partial charge in [-0.3, -0.25) is 4.79 Å². The summed E-state index contributed by atoms with van der Waals surface area (Å²) < 4.78 is 11.7. The van der Waals surface area contributed by atoms with Gasteiger partial charge in [-0.15, -0.1) is 0 Å². The van der Waals surface area contributed by atoms with E-state index in [-0.39, 0.29) is 12.5 Å². The molecule has 0 bridgehead atoms. The van der Waals surface area contributed by atoms with Gasteiger partial charge in [0.2, 0.25) is 5.91 Å². The summed E-state index contributed by atoms with van der Waals surface area (Å²) in [4.78, 5) is 30.1. The average molecular weight is 551 g/mol. The number of nitrogens with zero attached hydrogens (tertiary/aromatic N) is 2. The number of carbonyl (C=O) groups is 2. The molecule has 0 radical (unpaired) electrons. The molecule has 6 nitrogen and oxygen atoms in total. The second kappa shape index (κ2) is 15.3. The summed E-state index contributed by atoms with van der Waals surface area (Å²) >= 11 is 0. The number of benzene rings is 4. The highest BCUT2D eigenvalue weighted by Crippen LogP contribution is 2.28. The largest absolute Gasteiger partial charge is 0.488 e. The molecule has 5 rings (SSSR count). The number of hydrogen-bond donors (Lipinski definition) is 0. The second-order valence-electron chi connectivity index (χ2n) is 9.55. The van der Waals surface area contributed by atoms with Crippen molar-refractivity contribution < 1.29 is 19.1 Å². The fourth-order valence-corrected chi connectivity index (χ4v) is 4.63. The van der Waals surface area contributed by atoms with Gasteiger partial charge in [-0.05, 0) is 34.9 Å². The molecule has 1 saturated heterocycles. The maximum atomic E-state index is 13.2. The van der Waals surface area contributed by atoms with Crippen molar-refractivity contribution in [3.63, 3.8) is 0 Å². The highest BCUT2D eigenvalue weighted by Gasteiger charge is 2.23. The third-order valence-electron chi connectivity index (χ3n) is 6.83. The zero-order valence-electron chi connectivity index (χ0n) is 23.9. The van der Waals surface area contributed by atoms with E-state index in [1.807, 2.05) is 128 Å². The Bertz CT molecular complexity index is 1370. The normalized spacial score (nSPS) is 12.6. The van der Waals surface area contributed by atoms with Crippen LogP contribution in [0.2, 0.25) is 0 Å². The summed E-state index contributed by atoms with van der Waals surface area (Å²) in [7, 11) is 0. The number of esters is 1. The van der Waals surface area contributed by atoms with Gasteiger partial charge in [0.1, 0.15) is 24.5 Å². The lowest BCUT2D eigenvalue weighted by molar-refractivity contribution is -0.130. The van der Waals surface area contributed by atoms with Crippen molar-refractivity contribution in [3.8, 4) is 5.75 Å². The van der Waals surface area contributed by atoms with Crippen LogP contribution >= 0.6 is 0 Å². The molecule has 4 aromatic rings. The molecule has 0 saturated carbocycles. The molecule has 4 aromatic carbocycles. The first-order chi connectivity index (χ1) is 20.2. The van der Waals surface area contributed by atoms with Crippen molar-refractivity contribution >= 4 is 17.6 Å². The first-order valence-corrected chi connectivity index (χ1v) is 14.2. The molecular formula is C35H38N2O4. The number of ether oxygens (including phenoxy) is 2. The molecule has 1 heterocycles. The van der Waals surface area contributed by atoms with Gasteiger partial charge in [-0.1, -0.05) is 105 Å². The Kier molecular flexibility index (Phi) is 11.0. The fourth-order valence-electron chi connectivity index (χ4n) is 4.63. The van der Waals surface area contributed by atoms with Gasteiger partial charge in [0.15, 0.2) is 0 Å². The number of hydrogen-bond acceptors (Lipinski definition) is 5. The van der Waals surface area contributed by atoms with Crippen LogP contribution in [-0.4, -0.2) is 43.0 Å². The highest BCUT2D eigenvalue weighted by atomic mass is 16.5. The van der Waals surface area contributed by atoms with E-state index in [1.54, 1.807) is 0 Å². The number of rotatable bonds is 9. The Morgan fingerprint density at radius 2 is 1.20 bits per heavy atom. The van der Waals surface area contributed by atoms with E-state index in [4.69, 9.17) is 9.47 Å². The first kappa shape index (κ1) is 29.4. The fraction of sp³-hybridized carbons (Fsp3) is 0.257. The minimum absolute atomic E-state index is 0.135. The van der Waals surface area contributed by atoms with Crippen LogP contribution in [0.5, 0.6) is 5.75 Å². The van der Waals surface area contributed by atoms with Gasteiger partial charge in [-0.25, -0.2) is 4.79 Å². The van der Waals surface area contributed by atoms with Crippen LogP contribution in [0.15, 0.2) is 109 Å². The molecule has 1 aliphatic heterocycles. The molecule has 0 aliphatic carbocycles. The molecule has 0 aromatic heterocycles. The van der Waals surface area contributed by atoms with Crippen molar-refractivity contribution in [2.24, 2.45) is 0 Å². The van der Waals surface area contributed by atoms with Crippen LogP contribution in [0.1, 0.15) is 40.9 Å². The molecule has 0 atom stereocenters. The van der Waals surface area contributed by atoms with Gasteiger partial charge in [0, 0.05) is 31.9 Å². The number of carbonyl (C=O) groups excluding carboxylic acids is 2. The lowest BCUT2D eigenvalue weighted by atomic mass is 10.1. The number of anilines is 1. The van der Waals surface area contributed by atoms with Crippen molar-refractivity contribution in [1.82, 2.24) is 4.90 Å². The topological polar surface area (TPSA) is 59.1 Å². The molecule has 6 heteroatoms. The van der Waals surface area contributed by atoms with Crippen LogP contribution in [0.4, 0.5) is 5.69 Å². The Morgan fingerprint density at radius 1 is 0.659 bits per heavy atom. The summed E-state index contributed by atoms with van der Waals surface area (Å²) in [5, 5.41) is 0. The molecular weight excluding hydrogens is 512 g/mol. The summed E-state index contributed by atoms with van der Waals surface area (Å²) in [6.07, 6.45) is 0.408. The highest BCUT2D eigenvalue weighted by molar-refractivity contribution is 5.94. The standard InChI is InChI=1S/C33H32N2O4.C2H6/c36-32(22-26-10-4-1-5-11-26)35-20-18-34(19-21-35)29-16-17-31(38-24-27-12-6-2-7-13-27)30(23-29)33(37)39-25-28-14-8-3-9-15-28;1-2/h1-17,23H,18-22,24-25H2;1-2H3. The minimum atomic E-state index is -0.430. The summed E-state index contributed by atoms with van der Waals surface area (Å²) in [5.41, 5.74) is 4.26. The van der Waals surface area contributed by atoms with Crippen molar-refractivity contribution in [3.05, 3.63) is 131 Å². The van der Waals surface area contributed by atoms with Crippen LogP contribution < -0.4 is 9.64 Å². The summed E-state index contributed by atoms with van der Waals surface area (Å²) in [6.45, 7) is 7.16. The van der Waals surface area contributed by atoms with E-state index < -0.39 is 5.97 Å². The molecule has 1 aliphatic rings. The molecule has 212 valence electrons. The third-order valence-corrected chi connectivity index (χ3v) is 6.83. The van der Waals surface area contributed by atoms with E-state index in [9.17, 15) is 9.59 Å². The zero-order valence-corrected chi connectivity index (χ0v) is 23.9. The maximum absolute atomic E-state index is 13.2. The van der Waals surface area contributed by atoms with Crippen LogP contribution in [-0.2, 0) is 29.2 Å². The minimum Gasteiger partial charge on any atom is -0.488 e. The molecule has 0 spiro atoms. The molecule has 0 N–H and O–H groups in total. The number of piperazine rings is 1. The van der Waals surface area contributed by atoms with Gasteiger partial charge < -0.3 is 19.3 Å². The van der Waals surface area contributed by atoms with Crippen molar-refractivity contribution in [2.45, 2.75) is 33.5 Å². The van der Waals surface area contributed by atoms with E-state index >= 15 is 0 Å². The lowest BCUT2D eigenvalue weighted by Gasteiger charge is -2.36. The van der Waals surface area contributed by atoms with Crippen molar-refractivity contribution in [1.29, 1.82) is 0 Å². The first-order valence-electron chi connectivity index (χ1n) is 14.2. The van der Waals surface area contributed by atoms with Crippen molar-refractivity contribution in [2.75, 3.05) is 31.1 Å². The number of amides is 1.